The molecule has 0 radical (unpaired) electrons. The SMILES string of the molecule is CC(C(=O)O)C(C)C(=O)NCC1(C)CCCCC1. The van der Waals surface area contributed by atoms with Gasteiger partial charge in [-0.05, 0) is 18.3 Å². The molecule has 1 fully saturated rings. The zero-order chi connectivity index (χ0) is 13.8. The molecular weight excluding hydrogens is 230 g/mol. The predicted octanol–water partition coefficient (Wildman–Crippen LogP) is 2.43. The Bertz CT molecular complexity index is 308. The van der Waals surface area contributed by atoms with Crippen LogP contribution in [0, 0.1) is 17.3 Å². The van der Waals surface area contributed by atoms with Crippen molar-refractivity contribution in [1.82, 2.24) is 5.32 Å². The van der Waals surface area contributed by atoms with Gasteiger partial charge in [-0.3, -0.25) is 9.59 Å². The van der Waals surface area contributed by atoms with Crippen LogP contribution in [0.4, 0.5) is 0 Å². The van der Waals surface area contributed by atoms with Crippen LogP contribution < -0.4 is 5.32 Å². The van der Waals surface area contributed by atoms with Crippen molar-refractivity contribution in [2.45, 2.75) is 52.9 Å². The lowest BCUT2D eigenvalue weighted by atomic mass is 9.75. The summed E-state index contributed by atoms with van der Waals surface area (Å²) >= 11 is 0. The standard InChI is InChI=1S/C14H25NO3/c1-10(11(2)13(17)18)12(16)15-9-14(3)7-5-4-6-8-14/h10-11H,4-9H2,1-3H3,(H,15,16)(H,17,18). The number of carboxylic acids is 1. The molecule has 2 unspecified atom stereocenters. The predicted molar refractivity (Wildman–Crippen MR) is 70.2 cm³/mol. The third kappa shape index (κ3) is 4.00. The zero-order valence-electron chi connectivity index (χ0n) is 11.7. The number of rotatable bonds is 5. The Morgan fingerprint density at radius 1 is 1.17 bits per heavy atom. The van der Waals surface area contributed by atoms with Crippen LogP contribution in [0.5, 0.6) is 0 Å². The number of carboxylic acid groups (broad SMARTS) is 1. The molecule has 0 aromatic heterocycles. The van der Waals surface area contributed by atoms with Crippen molar-refractivity contribution < 1.29 is 14.7 Å². The van der Waals surface area contributed by atoms with Crippen molar-refractivity contribution in [2.75, 3.05) is 6.54 Å². The third-order valence-electron chi connectivity index (χ3n) is 4.30. The second kappa shape index (κ2) is 6.21. The molecule has 104 valence electrons. The highest BCUT2D eigenvalue weighted by molar-refractivity contribution is 5.84. The number of hydrogen-bond donors (Lipinski definition) is 2. The fraction of sp³-hybridized carbons (Fsp3) is 0.857. The summed E-state index contributed by atoms with van der Waals surface area (Å²) in [5.41, 5.74) is 0.195. The Morgan fingerprint density at radius 3 is 2.22 bits per heavy atom. The molecule has 0 saturated heterocycles. The summed E-state index contributed by atoms with van der Waals surface area (Å²) in [6.07, 6.45) is 6.04. The van der Waals surface area contributed by atoms with Gasteiger partial charge in [-0.15, -0.1) is 0 Å². The van der Waals surface area contributed by atoms with Crippen LogP contribution in [-0.4, -0.2) is 23.5 Å². The molecule has 1 aliphatic carbocycles. The smallest absolute Gasteiger partial charge is 0.307 e. The molecule has 4 nitrogen and oxygen atoms in total. The van der Waals surface area contributed by atoms with Crippen LogP contribution in [0.2, 0.25) is 0 Å². The van der Waals surface area contributed by atoms with E-state index >= 15 is 0 Å². The monoisotopic (exact) mass is 255 g/mol. The van der Waals surface area contributed by atoms with Gasteiger partial charge in [0.2, 0.25) is 5.91 Å². The molecular formula is C14H25NO3. The lowest BCUT2D eigenvalue weighted by molar-refractivity contribution is -0.146. The number of carbonyl (C=O) groups is 2. The number of carbonyl (C=O) groups excluding carboxylic acids is 1. The van der Waals surface area contributed by atoms with E-state index in [9.17, 15) is 9.59 Å². The first-order valence-corrected chi connectivity index (χ1v) is 6.86. The highest BCUT2D eigenvalue weighted by Gasteiger charge is 2.30. The van der Waals surface area contributed by atoms with E-state index in [0.717, 1.165) is 12.8 Å². The fourth-order valence-electron chi connectivity index (χ4n) is 2.48. The van der Waals surface area contributed by atoms with Crippen LogP contribution in [0.15, 0.2) is 0 Å². The largest absolute Gasteiger partial charge is 0.481 e. The van der Waals surface area contributed by atoms with E-state index in [4.69, 9.17) is 5.11 Å². The summed E-state index contributed by atoms with van der Waals surface area (Å²) < 4.78 is 0. The maximum Gasteiger partial charge on any atom is 0.307 e. The Morgan fingerprint density at radius 2 is 1.72 bits per heavy atom. The van der Waals surface area contributed by atoms with Crippen LogP contribution in [-0.2, 0) is 9.59 Å². The molecule has 18 heavy (non-hydrogen) atoms. The third-order valence-corrected chi connectivity index (χ3v) is 4.30. The van der Waals surface area contributed by atoms with Crippen LogP contribution in [0.1, 0.15) is 52.9 Å². The molecule has 0 spiro atoms. The molecule has 2 N–H and O–H groups in total. The molecule has 0 aromatic carbocycles. The average molecular weight is 255 g/mol. The number of amides is 1. The molecule has 0 bridgehead atoms. The van der Waals surface area contributed by atoms with Crippen molar-refractivity contribution in [1.29, 1.82) is 0 Å². The molecule has 2 atom stereocenters. The van der Waals surface area contributed by atoms with Gasteiger partial charge in [0.05, 0.1) is 5.92 Å². The van der Waals surface area contributed by atoms with Gasteiger partial charge in [0.1, 0.15) is 0 Å². The molecule has 1 aliphatic rings. The topological polar surface area (TPSA) is 66.4 Å². The Kier molecular flexibility index (Phi) is 5.17. The summed E-state index contributed by atoms with van der Waals surface area (Å²) in [6, 6.07) is 0. The zero-order valence-corrected chi connectivity index (χ0v) is 11.7. The Labute approximate surface area is 109 Å². The van der Waals surface area contributed by atoms with Gasteiger partial charge in [0, 0.05) is 12.5 Å². The summed E-state index contributed by atoms with van der Waals surface area (Å²) in [6.45, 7) is 6.13. The van der Waals surface area contributed by atoms with Crippen LogP contribution in [0.3, 0.4) is 0 Å². The normalized spacial score (nSPS) is 21.9. The molecule has 1 rings (SSSR count). The highest BCUT2D eigenvalue weighted by Crippen LogP contribution is 2.35. The minimum atomic E-state index is -0.915. The van der Waals surface area contributed by atoms with E-state index in [2.05, 4.69) is 12.2 Å². The van der Waals surface area contributed by atoms with Gasteiger partial charge in [-0.25, -0.2) is 0 Å². The first kappa shape index (κ1) is 15.0. The molecule has 4 heteroatoms. The van der Waals surface area contributed by atoms with Gasteiger partial charge >= 0.3 is 5.97 Å². The first-order chi connectivity index (χ1) is 8.36. The second-order valence-electron chi connectivity index (χ2n) is 6.00. The summed E-state index contributed by atoms with van der Waals surface area (Å²) in [7, 11) is 0. The highest BCUT2D eigenvalue weighted by atomic mass is 16.4. The van der Waals surface area contributed by atoms with Crippen molar-refractivity contribution in [3.63, 3.8) is 0 Å². The quantitative estimate of drug-likeness (QED) is 0.793. The Hall–Kier alpha value is -1.06. The van der Waals surface area contributed by atoms with E-state index in [0.29, 0.717) is 6.54 Å². The maximum absolute atomic E-state index is 11.9. The number of hydrogen-bond acceptors (Lipinski definition) is 2. The van der Waals surface area contributed by atoms with Crippen LogP contribution >= 0.6 is 0 Å². The molecule has 0 aliphatic heterocycles. The van der Waals surface area contributed by atoms with Gasteiger partial charge < -0.3 is 10.4 Å². The van der Waals surface area contributed by atoms with Crippen molar-refractivity contribution >= 4 is 11.9 Å². The number of nitrogens with one attached hydrogen (secondary N) is 1. The van der Waals surface area contributed by atoms with Gasteiger partial charge in [0.25, 0.3) is 0 Å². The Balaban J connectivity index is 2.42. The van der Waals surface area contributed by atoms with E-state index < -0.39 is 17.8 Å². The lowest BCUT2D eigenvalue weighted by Gasteiger charge is -2.34. The van der Waals surface area contributed by atoms with Crippen molar-refractivity contribution in [2.24, 2.45) is 17.3 Å². The van der Waals surface area contributed by atoms with Crippen molar-refractivity contribution in [3.05, 3.63) is 0 Å². The average Bonchev–Trinajstić information content (AvgIpc) is 2.35. The summed E-state index contributed by atoms with van der Waals surface area (Å²) in [5, 5.41) is 11.8. The molecule has 0 aromatic rings. The minimum absolute atomic E-state index is 0.142. The van der Waals surface area contributed by atoms with Gasteiger partial charge in [-0.1, -0.05) is 40.0 Å². The van der Waals surface area contributed by atoms with Crippen molar-refractivity contribution in [3.8, 4) is 0 Å². The van der Waals surface area contributed by atoms with E-state index in [1.807, 2.05) is 0 Å². The maximum atomic E-state index is 11.9. The summed E-state index contributed by atoms with van der Waals surface area (Å²) in [5.74, 6) is -2.17. The van der Waals surface area contributed by atoms with Crippen LogP contribution in [0.25, 0.3) is 0 Å². The number of aliphatic carboxylic acids is 1. The van der Waals surface area contributed by atoms with Gasteiger partial charge in [0.15, 0.2) is 0 Å². The lowest BCUT2D eigenvalue weighted by Crippen LogP contribution is -2.41. The second-order valence-corrected chi connectivity index (χ2v) is 6.00. The fourth-order valence-corrected chi connectivity index (χ4v) is 2.48. The molecule has 1 amide bonds. The molecule has 1 saturated carbocycles. The van der Waals surface area contributed by atoms with E-state index in [1.165, 1.54) is 19.3 Å². The van der Waals surface area contributed by atoms with E-state index in [-0.39, 0.29) is 11.3 Å². The minimum Gasteiger partial charge on any atom is -0.481 e. The van der Waals surface area contributed by atoms with Gasteiger partial charge in [-0.2, -0.15) is 0 Å². The molecule has 0 heterocycles. The summed E-state index contributed by atoms with van der Waals surface area (Å²) in [4.78, 5) is 22.7. The van der Waals surface area contributed by atoms with E-state index in [1.54, 1.807) is 13.8 Å². The first-order valence-electron chi connectivity index (χ1n) is 6.86.